The van der Waals surface area contributed by atoms with Crippen molar-refractivity contribution in [1.82, 2.24) is 0 Å². The van der Waals surface area contributed by atoms with Crippen LogP contribution >= 0.6 is 15.9 Å². The summed E-state index contributed by atoms with van der Waals surface area (Å²) >= 11 is 3.34. The highest BCUT2D eigenvalue weighted by Gasteiger charge is 2.24. The second kappa shape index (κ2) is 8.47. The number of benzene rings is 3. The molecule has 0 saturated carbocycles. The van der Waals surface area contributed by atoms with E-state index in [4.69, 9.17) is 9.47 Å². The van der Waals surface area contributed by atoms with E-state index in [0.717, 1.165) is 10.0 Å². The minimum atomic E-state index is -0.556. The molecule has 0 aliphatic carbocycles. The molecular formula is C24H16BrNO4. The van der Waals surface area contributed by atoms with Gasteiger partial charge in [0.15, 0.2) is 5.70 Å². The third-order valence-electron chi connectivity index (χ3n) is 4.41. The summed E-state index contributed by atoms with van der Waals surface area (Å²) in [6, 6.07) is 21.3. The molecule has 1 aliphatic heterocycles. The predicted molar refractivity (Wildman–Crippen MR) is 117 cm³/mol. The lowest BCUT2D eigenvalue weighted by atomic mass is 10.1. The van der Waals surface area contributed by atoms with Crippen LogP contribution in [0.15, 0.2) is 88.0 Å². The van der Waals surface area contributed by atoms with E-state index >= 15 is 0 Å². The van der Waals surface area contributed by atoms with Crippen LogP contribution in [0.2, 0.25) is 0 Å². The lowest BCUT2D eigenvalue weighted by Crippen LogP contribution is -2.09. The molecule has 148 valence electrons. The molecule has 6 heteroatoms. The number of halogens is 1. The molecular weight excluding hydrogens is 446 g/mol. The first-order valence-corrected chi connectivity index (χ1v) is 9.95. The molecule has 0 unspecified atom stereocenters. The maximum Gasteiger partial charge on any atom is 0.363 e. The topological polar surface area (TPSA) is 65.0 Å². The third kappa shape index (κ3) is 4.39. The van der Waals surface area contributed by atoms with Gasteiger partial charge in [0, 0.05) is 15.6 Å². The molecule has 0 amide bonds. The molecule has 0 bridgehead atoms. The number of para-hydroxylation sites is 1. The summed E-state index contributed by atoms with van der Waals surface area (Å²) in [5.41, 5.74) is 2.91. The molecule has 0 N–H and O–H groups in total. The summed E-state index contributed by atoms with van der Waals surface area (Å²) in [5, 5.41) is 0. The molecule has 0 atom stereocenters. The minimum absolute atomic E-state index is 0.137. The molecule has 3 aromatic rings. The van der Waals surface area contributed by atoms with Crippen LogP contribution in [0.5, 0.6) is 5.75 Å². The van der Waals surface area contributed by atoms with Gasteiger partial charge in [-0.1, -0.05) is 51.8 Å². The molecule has 0 saturated heterocycles. The summed E-state index contributed by atoms with van der Waals surface area (Å²) in [6.45, 7) is 1.98. The van der Waals surface area contributed by atoms with Crippen molar-refractivity contribution < 1.29 is 19.1 Å². The fourth-order valence-electron chi connectivity index (χ4n) is 2.81. The molecule has 3 aromatic carbocycles. The van der Waals surface area contributed by atoms with Crippen molar-refractivity contribution in [2.75, 3.05) is 0 Å². The molecule has 4 rings (SSSR count). The minimum Gasteiger partial charge on any atom is -0.422 e. The number of nitrogens with zero attached hydrogens (tertiary/aromatic N) is 1. The molecule has 0 radical (unpaired) electrons. The van der Waals surface area contributed by atoms with E-state index in [-0.39, 0.29) is 11.6 Å². The highest BCUT2D eigenvalue weighted by molar-refractivity contribution is 9.10. The Bertz CT molecular complexity index is 1180. The highest BCUT2D eigenvalue weighted by atomic mass is 79.9. The van der Waals surface area contributed by atoms with Crippen molar-refractivity contribution in [3.8, 4) is 5.75 Å². The van der Waals surface area contributed by atoms with Gasteiger partial charge in [0.2, 0.25) is 5.90 Å². The Balaban J connectivity index is 1.61. The molecule has 0 fully saturated rings. The first kappa shape index (κ1) is 19.8. The molecule has 0 aromatic heterocycles. The number of esters is 2. The number of hydrogen-bond acceptors (Lipinski definition) is 5. The third-order valence-corrected chi connectivity index (χ3v) is 4.94. The van der Waals surface area contributed by atoms with Gasteiger partial charge >= 0.3 is 11.9 Å². The van der Waals surface area contributed by atoms with Crippen molar-refractivity contribution >= 4 is 39.8 Å². The number of carbonyl (C=O) groups excluding carboxylic acids is 2. The lowest BCUT2D eigenvalue weighted by Gasteiger charge is -2.07. The zero-order valence-corrected chi connectivity index (χ0v) is 17.5. The van der Waals surface area contributed by atoms with Gasteiger partial charge in [-0.05, 0) is 55.5 Å². The van der Waals surface area contributed by atoms with Crippen molar-refractivity contribution in [3.63, 3.8) is 0 Å². The van der Waals surface area contributed by atoms with E-state index in [1.165, 1.54) is 0 Å². The van der Waals surface area contributed by atoms with Crippen LogP contribution in [0.4, 0.5) is 0 Å². The van der Waals surface area contributed by atoms with E-state index in [0.29, 0.717) is 22.4 Å². The molecule has 5 nitrogen and oxygen atoms in total. The summed E-state index contributed by atoms with van der Waals surface area (Å²) in [6.07, 6.45) is 1.55. The van der Waals surface area contributed by atoms with Crippen LogP contribution in [0.25, 0.3) is 6.08 Å². The molecule has 30 heavy (non-hydrogen) atoms. The quantitative estimate of drug-likeness (QED) is 0.299. The Morgan fingerprint density at radius 2 is 1.70 bits per heavy atom. The van der Waals surface area contributed by atoms with E-state index in [2.05, 4.69) is 20.9 Å². The standard InChI is InChI=1S/C24H16BrNO4/c1-15-6-8-16(9-7-15)22-26-20(24(28)30-22)14-18-4-2-3-5-21(18)29-23(27)17-10-12-19(25)13-11-17/h2-14H,1H3. The van der Waals surface area contributed by atoms with Crippen LogP contribution in [0.3, 0.4) is 0 Å². The Kier molecular flexibility index (Phi) is 5.59. The van der Waals surface area contributed by atoms with E-state index in [1.807, 2.05) is 31.2 Å². The summed E-state index contributed by atoms with van der Waals surface area (Å²) in [4.78, 5) is 29.1. The molecule has 0 spiro atoms. The van der Waals surface area contributed by atoms with Crippen molar-refractivity contribution in [3.05, 3.63) is 105 Å². The Morgan fingerprint density at radius 3 is 2.43 bits per heavy atom. The first-order chi connectivity index (χ1) is 14.5. The summed E-state index contributed by atoms with van der Waals surface area (Å²) < 4.78 is 11.7. The van der Waals surface area contributed by atoms with E-state index in [1.54, 1.807) is 54.6 Å². The van der Waals surface area contributed by atoms with Crippen LogP contribution < -0.4 is 4.74 Å². The SMILES string of the molecule is Cc1ccc(C2=NC(=Cc3ccccc3OC(=O)c3ccc(Br)cc3)C(=O)O2)cc1. The second-order valence-corrected chi connectivity index (χ2v) is 7.55. The van der Waals surface area contributed by atoms with Crippen molar-refractivity contribution in [2.45, 2.75) is 6.92 Å². The number of carbonyl (C=O) groups is 2. The average molecular weight is 462 g/mol. The number of hydrogen-bond donors (Lipinski definition) is 0. The molecule has 1 heterocycles. The average Bonchev–Trinajstić information content (AvgIpc) is 3.10. The van der Waals surface area contributed by atoms with Gasteiger partial charge in [0.25, 0.3) is 0 Å². The van der Waals surface area contributed by atoms with Gasteiger partial charge in [-0.15, -0.1) is 0 Å². The lowest BCUT2D eigenvalue weighted by molar-refractivity contribution is -0.129. The Morgan fingerprint density at radius 1 is 1.00 bits per heavy atom. The normalized spacial score (nSPS) is 14.4. The van der Waals surface area contributed by atoms with Crippen LogP contribution in [0, 0.1) is 6.92 Å². The zero-order valence-electron chi connectivity index (χ0n) is 16.0. The fraction of sp³-hybridized carbons (Fsp3) is 0.0417. The maximum absolute atomic E-state index is 12.5. The highest BCUT2D eigenvalue weighted by Crippen LogP contribution is 2.26. The smallest absolute Gasteiger partial charge is 0.363 e. The van der Waals surface area contributed by atoms with Crippen molar-refractivity contribution in [2.24, 2.45) is 4.99 Å². The second-order valence-electron chi connectivity index (χ2n) is 6.64. The maximum atomic E-state index is 12.5. The van der Waals surface area contributed by atoms with Crippen LogP contribution in [-0.4, -0.2) is 17.8 Å². The Labute approximate surface area is 181 Å². The number of aryl methyl sites for hydroxylation is 1. The van der Waals surface area contributed by atoms with Gasteiger partial charge < -0.3 is 9.47 Å². The summed E-state index contributed by atoms with van der Waals surface area (Å²) in [7, 11) is 0. The van der Waals surface area contributed by atoms with Crippen LogP contribution in [0.1, 0.15) is 27.0 Å². The monoisotopic (exact) mass is 461 g/mol. The first-order valence-electron chi connectivity index (χ1n) is 9.16. The van der Waals surface area contributed by atoms with E-state index < -0.39 is 11.9 Å². The van der Waals surface area contributed by atoms with Gasteiger partial charge in [0.1, 0.15) is 5.75 Å². The number of rotatable bonds is 4. The van der Waals surface area contributed by atoms with Gasteiger partial charge in [-0.3, -0.25) is 0 Å². The van der Waals surface area contributed by atoms with Gasteiger partial charge in [0.05, 0.1) is 5.56 Å². The number of ether oxygens (including phenoxy) is 2. The fourth-order valence-corrected chi connectivity index (χ4v) is 3.08. The van der Waals surface area contributed by atoms with E-state index in [9.17, 15) is 9.59 Å². The Hall–Kier alpha value is -3.51. The largest absolute Gasteiger partial charge is 0.422 e. The molecule has 1 aliphatic rings. The van der Waals surface area contributed by atoms with Gasteiger partial charge in [-0.25, -0.2) is 14.6 Å². The number of aliphatic imine (C=N–C) groups is 1. The van der Waals surface area contributed by atoms with Gasteiger partial charge in [-0.2, -0.15) is 0 Å². The number of cyclic esters (lactones) is 1. The summed E-state index contributed by atoms with van der Waals surface area (Å²) in [5.74, 6) is -0.480. The zero-order chi connectivity index (χ0) is 21.1. The van der Waals surface area contributed by atoms with Crippen molar-refractivity contribution in [1.29, 1.82) is 0 Å². The van der Waals surface area contributed by atoms with Crippen LogP contribution in [-0.2, 0) is 9.53 Å². The predicted octanol–water partition coefficient (Wildman–Crippen LogP) is 5.32.